The molecule has 1 fully saturated rings. The molecule has 88 valence electrons. The summed E-state index contributed by atoms with van der Waals surface area (Å²) in [6.07, 6.45) is 2.20. The second kappa shape index (κ2) is 5.01. The fourth-order valence-electron chi connectivity index (χ4n) is 1.80. The van der Waals surface area contributed by atoms with Crippen LogP contribution in [0.5, 0.6) is 0 Å². The largest absolute Gasteiger partial charge is 0.444 e. The number of ether oxygens (including phenoxy) is 1. The molecule has 1 N–H and O–H groups in total. The third-order valence-electron chi connectivity index (χ3n) is 2.68. The summed E-state index contributed by atoms with van der Waals surface area (Å²) in [5.74, 6) is 0.116. The molecule has 16 heavy (non-hydrogen) atoms. The van der Waals surface area contributed by atoms with Crippen molar-refractivity contribution in [3.8, 4) is 0 Å². The van der Waals surface area contributed by atoms with E-state index in [1.807, 2.05) is 6.92 Å². The lowest BCUT2D eigenvalue weighted by Gasteiger charge is -2.19. The number of carbonyl (C=O) groups excluding carboxylic acids is 1. The first-order valence-electron chi connectivity index (χ1n) is 5.34. The molecule has 1 aromatic rings. The predicted molar refractivity (Wildman–Crippen MR) is 62.3 cm³/mol. The molecule has 1 aliphatic rings. The molecule has 0 aliphatic carbocycles. The van der Waals surface area contributed by atoms with Crippen molar-refractivity contribution in [1.82, 2.24) is 5.32 Å². The summed E-state index contributed by atoms with van der Waals surface area (Å²) >= 11 is 3.16. The van der Waals surface area contributed by atoms with Crippen LogP contribution in [0.2, 0.25) is 0 Å². The number of amides is 1. The Morgan fingerprint density at radius 2 is 2.44 bits per heavy atom. The van der Waals surface area contributed by atoms with Crippen molar-refractivity contribution in [1.29, 1.82) is 0 Å². The van der Waals surface area contributed by atoms with E-state index in [0.717, 1.165) is 19.4 Å². The Morgan fingerprint density at radius 3 is 3.00 bits per heavy atom. The summed E-state index contributed by atoms with van der Waals surface area (Å²) < 4.78 is 11.2. The topological polar surface area (TPSA) is 51.5 Å². The third-order valence-corrected chi connectivity index (χ3v) is 3.10. The lowest BCUT2D eigenvalue weighted by atomic mass is 10.1. The monoisotopic (exact) mass is 287 g/mol. The first kappa shape index (κ1) is 11.7. The SMILES string of the molecule is C[C@H](NC(=O)c1ccc(Br)o1)[C@H]1CCCO1. The summed E-state index contributed by atoms with van der Waals surface area (Å²) in [5, 5.41) is 2.87. The molecule has 0 unspecified atom stereocenters. The zero-order valence-corrected chi connectivity index (χ0v) is 10.6. The van der Waals surface area contributed by atoms with Gasteiger partial charge in [-0.3, -0.25) is 4.79 Å². The van der Waals surface area contributed by atoms with E-state index in [1.165, 1.54) is 0 Å². The van der Waals surface area contributed by atoms with Gasteiger partial charge in [-0.2, -0.15) is 0 Å². The van der Waals surface area contributed by atoms with Gasteiger partial charge >= 0.3 is 0 Å². The van der Waals surface area contributed by atoms with Crippen LogP contribution in [0.1, 0.15) is 30.3 Å². The third kappa shape index (κ3) is 2.65. The van der Waals surface area contributed by atoms with Crippen LogP contribution in [-0.2, 0) is 4.74 Å². The summed E-state index contributed by atoms with van der Waals surface area (Å²) in [5.41, 5.74) is 0. The number of hydrogen-bond donors (Lipinski definition) is 1. The van der Waals surface area contributed by atoms with Crippen LogP contribution in [0.15, 0.2) is 21.2 Å². The first-order chi connectivity index (χ1) is 7.66. The normalized spacial score (nSPS) is 22.0. The minimum Gasteiger partial charge on any atom is -0.444 e. The van der Waals surface area contributed by atoms with Crippen LogP contribution in [-0.4, -0.2) is 24.7 Å². The number of halogens is 1. The predicted octanol–water partition coefficient (Wildman–Crippen LogP) is 2.34. The van der Waals surface area contributed by atoms with Gasteiger partial charge in [-0.05, 0) is 47.8 Å². The maximum absolute atomic E-state index is 11.7. The highest BCUT2D eigenvalue weighted by atomic mass is 79.9. The van der Waals surface area contributed by atoms with Crippen LogP contribution in [0.25, 0.3) is 0 Å². The Kier molecular flexibility index (Phi) is 3.66. The van der Waals surface area contributed by atoms with E-state index < -0.39 is 0 Å². The maximum atomic E-state index is 11.7. The van der Waals surface area contributed by atoms with E-state index in [4.69, 9.17) is 9.15 Å². The van der Waals surface area contributed by atoms with Crippen molar-refractivity contribution in [2.45, 2.75) is 31.9 Å². The molecule has 2 heterocycles. The molecule has 1 aromatic heterocycles. The van der Waals surface area contributed by atoms with Crippen LogP contribution >= 0.6 is 15.9 Å². The van der Waals surface area contributed by atoms with Gasteiger partial charge in [0, 0.05) is 6.61 Å². The van der Waals surface area contributed by atoms with Gasteiger partial charge in [-0.25, -0.2) is 0 Å². The zero-order chi connectivity index (χ0) is 11.5. The van der Waals surface area contributed by atoms with E-state index >= 15 is 0 Å². The number of nitrogens with one attached hydrogen (secondary N) is 1. The molecule has 0 spiro atoms. The second-order valence-corrected chi connectivity index (χ2v) is 4.70. The van der Waals surface area contributed by atoms with Crippen molar-refractivity contribution in [2.24, 2.45) is 0 Å². The fourth-order valence-corrected chi connectivity index (χ4v) is 2.11. The van der Waals surface area contributed by atoms with Crippen molar-refractivity contribution in [3.63, 3.8) is 0 Å². The molecule has 1 aliphatic heterocycles. The molecule has 5 heteroatoms. The molecule has 0 saturated carbocycles. The van der Waals surface area contributed by atoms with Crippen molar-refractivity contribution in [3.05, 3.63) is 22.6 Å². The minimum atomic E-state index is -0.200. The van der Waals surface area contributed by atoms with Crippen LogP contribution in [0.3, 0.4) is 0 Å². The zero-order valence-electron chi connectivity index (χ0n) is 9.03. The highest BCUT2D eigenvalue weighted by molar-refractivity contribution is 9.10. The Labute approximate surface area is 102 Å². The Bertz CT molecular complexity index is 371. The highest BCUT2D eigenvalue weighted by Crippen LogP contribution is 2.17. The molecule has 1 saturated heterocycles. The van der Waals surface area contributed by atoms with Gasteiger partial charge in [0.1, 0.15) is 0 Å². The van der Waals surface area contributed by atoms with Crippen molar-refractivity contribution in [2.75, 3.05) is 6.61 Å². The molecule has 0 bridgehead atoms. The Hall–Kier alpha value is -0.810. The molecule has 2 rings (SSSR count). The van der Waals surface area contributed by atoms with E-state index in [1.54, 1.807) is 12.1 Å². The number of hydrogen-bond acceptors (Lipinski definition) is 3. The summed E-state index contributed by atoms with van der Waals surface area (Å²) in [4.78, 5) is 11.7. The fraction of sp³-hybridized carbons (Fsp3) is 0.545. The van der Waals surface area contributed by atoms with Crippen LogP contribution < -0.4 is 5.32 Å². The van der Waals surface area contributed by atoms with Gasteiger partial charge in [-0.15, -0.1) is 0 Å². The van der Waals surface area contributed by atoms with Crippen molar-refractivity contribution >= 4 is 21.8 Å². The van der Waals surface area contributed by atoms with E-state index in [9.17, 15) is 4.79 Å². The second-order valence-electron chi connectivity index (χ2n) is 3.92. The molecular weight excluding hydrogens is 274 g/mol. The molecule has 2 atom stereocenters. The maximum Gasteiger partial charge on any atom is 0.287 e. The van der Waals surface area contributed by atoms with E-state index in [2.05, 4.69) is 21.2 Å². The summed E-state index contributed by atoms with van der Waals surface area (Å²) in [6, 6.07) is 3.35. The van der Waals surface area contributed by atoms with Gasteiger partial charge in [0.25, 0.3) is 5.91 Å². The molecule has 0 radical (unpaired) electrons. The van der Waals surface area contributed by atoms with Gasteiger partial charge in [0.05, 0.1) is 12.1 Å². The van der Waals surface area contributed by atoms with Gasteiger partial charge in [-0.1, -0.05) is 0 Å². The van der Waals surface area contributed by atoms with Gasteiger partial charge in [0.15, 0.2) is 10.4 Å². The quantitative estimate of drug-likeness (QED) is 0.928. The highest BCUT2D eigenvalue weighted by Gasteiger charge is 2.24. The average molecular weight is 288 g/mol. The molecular formula is C11H14BrNO3. The Balaban J connectivity index is 1.91. The summed E-state index contributed by atoms with van der Waals surface area (Å²) in [7, 11) is 0. The lowest BCUT2D eigenvalue weighted by Crippen LogP contribution is -2.40. The van der Waals surface area contributed by atoms with E-state index in [0.29, 0.717) is 10.4 Å². The van der Waals surface area contributed by atoms with Crippen molar-refractivity contribution < 1.29 is 13.9 Å². The Morgan fingerprint density at radius 1 is 1.62 bits per heavy atom. The minimum absolute atomic E-state index is 0.0128. The smallest absolute Gasteiger partial charge is 0.287 e. The van der Waals surface area contributed by atoms with E-state index in [-0.39, 0.29) is 18.1 Å². The van der Waals surface area contributed by atoms with Gasteiger partial charge in [0.2, 0.25) is 0 Å². The van der Waals surface area contributed by atoms with Gasteiger partial charge < -0.3 is 14.5 Å². The number of rotatable bonds is 3. The lowest BCUT2D eigenvalue weighted by molar-refractivity contribution is 0.0696. The van der Waals surface area contributed by atoms with Crippen LogP contribution in [0, 0.1) is 0 Å². The van der Waals surface area contributed by atoms with Crippen LogP contribution in [0.4, 0.5) is 0 Å². The number of carbonyl (C=O) groups is 1. The standard InChI is InChI=1S/C11H14BrNO3/c1-7(8-3-2-6-15-8)13-11(14)9-4-5-10(12)16-9/h4-5,7-8H,2-3,6H2,1H3,(H,13,14)/t7-,8+/m0/s1. The first-order valence-corrected chi connectivity index (χ1v) is 6.14. The molecule has 1 amide bonds. The summed E-state index contributed by atoms with van der Waals surface area (Å²) in [6.45, 7) is 2.74. The molecule has 4 nitrogen and oxygen atoms in total. The molecule has 0 aromatic carbocycles. The average Bonchev–Trinajstić information content (AvgIpc) is 2.87. The number of furan rings is 1.